The van der Waals surface area contributed by atoms with Gasteiger partial charge in [0.2, 0.25) is 0 Å². The van der Waals surface area contributed by atoms with E-state index in [1.165, 1.54) is 12.1 Å². The lowest BCUT2D eigenvalue weighted by Crippen LogP contribution is -2.31. The summed E-state index contributed by atoms with van der Waals surface area (Å²) in [4.78, 5) is 21.4. The van der Waals surface area contributed by atoms with Crippen LogP contribution < -0.4 is 15.4 Å². The minimum absolute atomic E-state index is 0.0501. The number of rotatable bonds is 6. The number of urea groups is 1. The van der Waals surface area contributed by atoms with Crippen LogP contribution in [0.2, 0.25) is 0 Å². The molecule has 0 saturated carbocycles. The number of hydrogen-bond acceptors (Lipinski definition) is 5. The third kappa shape index (κ3) is 4.88. The smallest absolute Gasteiger partial charge is 0.420 e. The molecule has 0 atom stereocenters. The summed E-state index contributed by atoms with van der Waals surface area (Å²) < 4.78 is 46.1. The van der Waals surface area contributed by atoms with Gasteiger partial charge in [0.25, 0.3) is 0 Å². The molecule has 10 heteroatoms. The molecule has 0 aliphatic rings. The van der Waals surface area contributed by atoms with E-state index in [1.807, 2.05) is 13.8 Å². The zero-order valence-electron chi connectivity index (χ0n) is 16.2. The van der Waals surface area contributed by atoms with Crippen LogP contribution in [0, 0.1) is 5.92 Å². The molecule has 3 rings (SSSR count). The van der Waals surface area contributed by atoms with E-state index >= 15 is 0 Å². The molecule has 2 heterocycles. The summed E-state index contributed by atoms with van der Waals surface area (Å²) in [5.74, 6) is -0.256. The average Bonchev–Trinajstić information content (AvgIpc) is 3.16. The normalized spacial score (nSPS) is 11.5. The Kier molecular flexibility index (Phi) is 6.25. The Bertz CT molecular complexity index is 1020. The maximum atomic E-state index is 13.6. The van der Waals surface area contributed by atoms with Gasteiger partial charge in [-0.1, -0.05) is 13.8 Å². The Morgan fingerprint density at radius 1 is 1.30 bits per heavy atom. The molecule has 30 heavy (non-hydrogen) atoms. The van der Waals surface area contributed by atoms with Gasteiger partial charge in [-0.25, -0.2) is 14.7 Å². The van der Waals surface area contributed by atoms with Crippen LogP contribution in [0.3, 0.4) is 0 Å². The zero-order valence-corrected chi connectivity index (χ0v) is 17.0. The average molecular weight is 436 g/mol. The Balaban J connectivity index is 2.00. The van der Waals surface area contributed by atoms with Gasteiger partial charge < -0.3 is 10.5 Å². The third-order valence-corrected chi connectivity index (χ3v) is 4.79. The SMILES string of the molecule is CC(C)COc1ccc(N(C(N)=O)c2nc(-c3cccnc3)cs2)cc1C(F)(F)F. The fourth-order valence-corrected chi connectivity index (χ4v) is 3.46. The highest BCUT2D eigenvalue weighted by atomic mass is 32.1. The zero-order chi connectivity index (χ0) is 21.9. The summed E-state index contributed by atoms with van der Waals surface area (Å²) in [6, 6.07) is 5.93. The van der Waals surface area contributed by atoms with Gasteiger partial charge in [0, 0.05) is 23.3 Å². The van der Waals surface area contributed by atoms with Crippen LogP contribution in [0.25, 0.3) is 11.3 Å². The third-order valence-electron chi connectivity index (χ3n) is 3.96. The number of thiazole rings is 1. The molecule has 1 aromatic carbocycles. The van der Waals surface area contributed by atoms with Crippen molar-refractivity contribution in [1.29, 1.82) is 0 Å². The first kappa shape index (κ1) is 21.6. The quantitative estimate of drug-likeness (QED) is 0.555. The highest BCUT2D eigenvalue weighted by Gasteiger charge is 2.36. The van der Waals surface area contributed by atoms with Gasteiger partial charge in [-0.05, 0) is 36.2 Å². The van der Waals surface area contributed by atoms with E-state index < -0.39 is 17.8 Å². The number of pyridine rings is 1. The standard InChI is InChI=1S/C20H19F3N4O2S/c1-12(2)10-29-17-6-5-14(8-15(17)20(21,22)23)27(18(24)28)19-26-16(11-30-19)13-4-3-7-25-9-13/h3-9,11-12H,10H2,1-2H3,(H2,24,28). The van der Waals surface area contributed by atoms with E-state index in [4.69, 9.17) is 10.5 Å². The molecule has 0 aliphatic carbocycles. The topological polar surface area (TPSA) is 81.3 Å². The van der Waals surface area contributed by atoms with E-state index in [1.54, 1.807) is 29.9 Å². The summed E-state index contributed by atoms with van der Waals surface area (Å²) in [6.45, 7) is 3.79. The van der Waals surface area contributed by atoms with Crippen molar-refractivity contribution >= 4 is 28.2 Å². The fourth-order valence-electron chi connectivity index (χ4n) is 2.61. The predicted molar refractivity (Wildman–Crippen MR) is 109 cm³/mol. The second-order valence-electron chi connectivity index (χ2n) is 6.81. The number of nitrogens with two attached hydrogens (primary N) is 1. The molecule has 2 amide bonds. The number of carbonyl (C=O) groups is 1. The van der Waals surface area contributed by atoms with Gasteiger partial charge in [0.05, 0.1) is 23.6 Å². The summed E-state index contributed by atoms with van der Waals surface area (Å²) in [6.07, 6.45) is -1.47. The molecule has 2 aromatic heterocycles. The maximum Gasteiger partial charge on any atom is 0.420 e. The molecular weight excluding hydrogens is 417 g/mol. The van der Waals surface area contributed by atoms with Crippen molar-refractivity contribution in [3.63, 3.8) is 0 Å². The molecule has 158 valence electrons. The van der Waals surface area contributed by atoms with Gasteiger partial charge >= 0.3 is 12.2 Å². The van der Waals surface area contributed by atoms with E-state index in [0.717, 1.165) is 22.3 Å². The van der Waals surface area contributed by atoms with Gasteiger partial charge in [-0.15, -0.1) is 11.3 Å². The summed E-state index contributed by atoms with van der Waals surface area (Å²) >= 11 is 1.08. The lowest BCUT2D eigenvalue weighted by molar-refractivity contribution is -0.139. The number of amides is 2. The van der Waals surface area contributed by atoms with Gasteiger partial charge in [-0.2, -0.15) is 13.2 Å². The van der Waals surface area contributed by atoms with Gasteiger partial charge in [0.1, 0.15) is 5.75 Å². The van der Waals surface area contributed by atoms with Crippen molar-refractivity contribution in [3.8, 4) is 17.0 Å². The van der Waals surface area contributed by atoms with E-state index in [9.17, 15) is 18.0 Å². The van der Waals surface area contributed by atoms with Crippen LogP contribution in [-0.2, 0) is 6.18 Å². The second kappa shape index (κ2) is 8.70. The van der Waals surface area contributed by atoms with Crippen LogP contribution in [0.5, 0.6) is 5.75 Å². The molecule has 0 saturated heterocycles. The monoisotopic (exact) mass is 436 g/mol. The lowest BCUT2D eigenvalue weighted by atomic mass is 10.1. The number of aromatic nitrogens is 2. The van der Waals surface area contributed by atoms with Crippen LogP contribution in [-0.4, -0.2) is 22.6 Å². The Morgan fingerprint density at radius 2 is 2.07 bits per heavy atom. The number of hydrogen-bond donors (Lipinski definition) is 1. The highest BCUT2D eigenvalue weighted by Crippen LogP contribution is 2.40. The summed E-state index contributed by atoms with van der Waals surface area (Å²) in [7, 11) is 0. The highest BCUT2D eigenvalue weighted by molar-refractivity contribution is 7.14. The van der Waals surface area contributed by atoms with Crippen molar-refractivity contribution in [2.75, 3.05) is 11.5 Å². The van der Waals surface area contributed by atoms with Crippen LogP contribution >= 0.6 is 11.3 Å². The Labute approximate surface area is 175 Å². The number of anilines is 2. The number of alkyl halides is 3. The summed E-state index contributed by atoms with van der Waals surface area (Å²) in [5.41, 5.74) is 5.66. The molecule has 0 bridgehead atoms. The first-order chi connectivity index (χ1) is 14.2. The minimum Gasteiger partial charge on any atom is -0.493 e. The van der Waals surface area contributed by atoms with Crippen LogP contribution in [0.1, 0.15) is 19.4 Å². The Morgan fingerprint density at radius 3 is 2.67 bits per heavy atom. The first-order valence-electron chi connectivity index (χ1n) is 8.96. The fraction of sp³-hybridized carbons (Fsp3) is 0.250. The van der Waals surface area contributed by atoms with Crippen molar-refractivity contribution in [3.05, 3.63) is 53.7 Å². The predicted octanol–water partition coefficient (Wildman–Crippen LogP) is 5.48. The van der Waals surface area contributed by atoms with Gasteiger partial charge in [0.15, 0.2) is 5.13 Å². The molecular formula is C20H19F3N4O2S. The van der Waals surface area contributed by atoms with Crippen LogP contribution in [0.15, 0.2) is 48.1 Å². The van der Waals surface area contributed by atoms with E-state index in [-0.39, 0.29) is 29.1 Å². The minimum atomic E-state index is -4.67. The molecule has 0 fully saturated rings. The number of primary amides is 1. The lowest BCUT2D eigenvalue weighted by Gasteiger charge is -2.21. The first-order valence-corrected chi connectivity index (χ1v) is 9.84. The van der Waals surface area contributed by atoms with E-state index in [2.05, 4.69) is 9.97 Å². The number of benzene rings is 1. The molecule has 2 N–H and O–H groups in total. The molecule has 6 nitrogen and oxygen atoms in total. The molecule has 0 aliphatic heterocycles. The van der Waals surface area contributed by atoms with E-state index in [0.29, 0.717) is 11.3 Å². The van der Waals surface area contributed by atoms with Crippen molar-refractivity contribution < 1.29 is 22.7 Å². The van der Waals surface area contributed by atoms with Crippen molar-refractivity contribution in [2.24, 2.45) is 11.7 Å². The second-order valence-corrected chi connectivity index (χ2v) is 7.65. The van der Waals surface area contributed by atoms with Gasteiger partial charge in [-0.3, -0.25) is 4.98 Å². The number of carbonyl (C=O) groups excluding carboxylic acids is 1. The number of ether oxygens (including phenoxy) is 1. The molecule has 3 aromatic rings. The largest absolute Gasteiger partial charge is 0.493 e. The number of halogens is 3. The molecule has 0 unspecified atom stereocenters. The maximum absolute atomic E-state index is 13.6. The molecule has 0 radical (unpaired) electrons. The Hall–Kier alpha value is -3.14. The molecule has 0 spiro atoms. The summed E-state index contributed by atoms with van der Waals surface area (Å²) in [5, 5.41) is 1.82. The number of nitrogens with zero attached hydrogens (tertiary/aromatic N) is 3. The van der Waals surface area contributed by atoms with Crippen molar-refractivity contribution in [2.45, 2.75) is 20.0 Å². The van der Waals surface area contributed by atoms with Crippen LogP contribution in [0.4, 0.5) is 28.8 Å². The van der Waals surface area contributed by atoms with Crippen molar-refractivity contribution in [1.82, 2.24) is 9.97 Å².